The lowest BCUT2D eigenvalue weighted by Gasteiger charge is -2.33. The van der Waals surface area contributed by atoms with E-state index in [9.17, 15) is 0 Å². The van der Waals surface area contributed by atoms with Crippen molar-refractivity contribution in [3.8, 4) is 0 Å². The first-order valence-corrected chi connectivity index (χ1v) is 5.34. The highest BCUT2D eigenvalue weighted by molar-refractivity contribution is 6.23. The molecule has 0 aromatic heterocycles. The van der Waals surface area contributed by atoms with Gasteiger partial charge in [0.05, 0.1) is 0 Å². The molecule has 0 N–H and O–H groups in total. The standard InChI is InChI=1S/C11H23Cl/c1-8(2)7-11(6,12)10(5)9(3)4/h8-10H,7H2,1-6H3. The van der Waals surface area contributed by atoms with Crippen LogP contribution in [0.3, 0.4) is 0 Å². The fourth-order valence-electron chi connectivity index (χ4n) is 1.68. The Kier molecular flexibility index (Phi) is 4.61. The maximum absolute atomic E-state index is 6.48. The van der Waals surface area contributed by atoms with Gasteiger partial charge >= 0.3 is 0 Å². The van der Waals surface area contributed by atoms with Crippen LogP contribution in [0.4, 0.5) is 0 Å². The largest absolute Gasteiger partial charge is 0.119 e. The zero-order valence-corrected chi connectivity index (χ0v) is 10.1. The Hall–Kier alpha value is 0.290. The molecule has 0 aliphatic carbocycles. The van der Waals surface area contributed by atoms with Crippen molar-refractivity contribution in [3.05, 3.63) is 0 Å². The molecule has 0 saturated heterocycles. The summed E-state index contributed by atoms with van der Waals surface area (Å²) in [5.41, 5.74) is 0. The molecular formula is C11H23Cl. The van der Waals surface area contributed by atoms with E-state index in [0.717, 1.165) is 6.42 Å². The summed E-state index contributed by atoms with van der Waals surface area (Å²) >= 11 is 6.48. The molecule has 0 heterocycles. The first-order valence-electron chi connectivity index (χ1n) is 4.96. The Morgan fingerprint density at radius 2 is 1.50 bits per heavy atom. The molecule has 1 heteroatoms. The van der Waals surface area contributed by atoms with Gasteiger partial charge in [0.1, 0.15) is 0 Å². The van der Waals surface area contributed by atoms with E-state index in [2.05, 4.69) is 41.5 Å². The van der Waals surface area contributed by atoms with E-state index in [4.69, 9.17) is 11.6 Å². The third kappa shape index (κ3) is 3.80. The Morgan fingerprint density at radius 3 is 1.75 bits per heavy atom. The van der Waals surface area contributed by atoms with Gasteiger partial charge in [-0.2, -0.15) is 0 Å². The molecule has 74 valence electrons. The van der Waals surface area contributed by atoms with E-state index in [0.29, 0.717) is 17.8 Å². The summed E-state index contributed by atoms with van der Waals surface area (Å²) in [4.78, 5) is -0.0255. The van der Waals surface area contributed by atoms with Gasteiger partial charge in [0.2, 0.25) is 0 Å². The Labute approximate surface area is 82.7 Å². The van der Waals surface area contributed by atoms with Gasteiger partial charge in [0.25, 0.3) is 0 Å². The van der Waals surface area contributed by atoms with Crippen LogP contribution < -0.4 is 0 Å². The second kappa shape index (κ2) is 4.50. The van der Waals surface area contributed by atoms with Gasteiger partial charge < -0.3 is 0 Å². The lowest BCUT2D eigenvalue weighted by molar-refractivity contribution is 0.285. The molecule has 0 rings (SSSR count). The highest BCUT2D eigenvalue weighted by atomic mass is 35.5. The lowest BCUT2D eigenvalue weighted by atomic mass is 9.81. The summed E-state index contributed by atoms with van der Waals surface area (Å²) in [5, 5.41) is 0. The fourth-order valence-corrected chi connectivity index (χ4v) is 2.24. The van der Waals surface area contributed by atoms with Gasteiger partial charge in [0, 0.05) is 4.87 Å². The first kappa shape index (κ1) is 12.3. The van der Waals surface area contributed by atoms with Crippen LogP contribution in [0.15, 0.2) is 0 Å². The maximum Gasteiger partial charge on any atom is 0.0449 e. The summed E-state index contributed by atoms with van der Waals surface area (Å²) in [6.07, 6.45) is 1.11. The molecule has 0 aliphatic heterocycles. The van der Waals surface area contributed by atoms with Gasteiger partial charge in [0.15, 0.2) is 0 Å². The number of alkyl halides is 1. The molecule has 2 atom stereocenters. The summed E-state index contributed by atoms with van der Waals surface area (Å²) < 4.78 is 0. The topological polar surface area (TPSA) is 0 Å². The summed E-state index contributed by atoms with van der Waals surface area (Å²) in [6, 6.07) is 0. The Bertz CT molecular complexity index is 125. The van der Waals surface area contributed by atoms with Gasteiger partial charge in [-0.1, -0.05) is 34.6 Å². The highest BCUT2D eigenvalue weighted by Crippen LogP contribution is 2.35. The molecule has 0 nitrogen and oxygen atoms in total. The van der Waals surface area contributed by atoms with E-state index in [-0.39, 0.29) is 4.87 Å². The number of halogens is 1. The maximum atomic E-state index is 6.48. The van der Waals surface area contributed by atoms with Crippen molar-refractivity contribution in [1.29, 1.82) is 0 Å². The van der Waals surface area contributed by atoms with Crippen LogP contribution in [0.5, 0.6) is 0 Å². The minimum absolute atomic E-state index is 0.0255. The average molecular weight is 191 g/mol. The molecule has 12 heavy (non-hydrogen) atoms. The van der Waals surface area contributed by atoms with Crippen molar-refractivity contribution in [2.45, 2.75) is 52.8 Å². The second-order valence-electron chi connectivity index (χ2n) is 4.91. The van der Waals surface area contributed by atoms with Crippen LogP contribution in [0.2, 0.25) is 0 Å². The molecule has 0 bridgehead atoms. The number of rotatable bonds is 4. The van der Waals surface area contributed by atoms with Crippen molar-refractivity contribution < 1.29 is 0 Å². The molecule has 0 aromatic carbocycles. The van der Waals surface area contributed by atoms with Gasteiger partial charge in [-0.15, -0.1) is 11.6 Å². The van der Waals surface area contributed by atoms with Crippen LogP contribution in [0.1, 0.15) is 48.0 Å². The van der Waals surface area contributed by atoms with Gasteiger partial charge in [-0.3, -0.25) is 0 Å². The van der Waals surface area contributed by atoms with Crippen LogP contribution >= 0.6 is 11.6 Å². The summed E-state index contributed by atoms with van der Waals surface area (Å²) in [6.45, 7) is 13.4. The van der Waals surface area contributed by atoms with Crippen molar-refractivity contribution in [2.75, 3.05) is 0 Å². The molecule has 2 unspecified atom stereocenters. The summed E-state index contributed by atoms with van der Waals surface area (Å²) in [7, 11) is 0. The van der Waals surface area contributed by atoms with E-state index < -0.39 is 0 Å². The minimum atomic E-state index is -0.0255. The van der Waals surface area contributed by atoms with Crippen molar-refractivity contribution in [3.63, 3.8) is 0 Å². The number of hydrogen-bond acceptors (Lipinski definition) is 0. The molecule has 0 aliphatic rings. The van der Waals surface area contributed by atoms with Crippen molar-refractivity contribution in [1.82, 2.24) is 0 Å². The van der Waals surface area contributed by atoms with E-state index in [1.54, 1.807) is 0 Å². The van der Waals surface area contributed by atoms with Crippen molar-refractivity contribution in [2.24, 2.45) is 17.8 Å². The lowest BCUT2D eigenvalue weighted by Crippen LogP contribution is -2.31. The first-order chi connectivity index (χ1) is 5.27. The zero-order valence-electron chi connectivity index (χ0n) is 9.32. The molecule has 0 aromatic rings. The third-order valence-electron chi connectivity index (χ3n) is 2.76. The predicted octanol–water partition coefficient (Wildman–Crippen LogP) is 4.32. The molecule has 0 spiro atoms. The minimum Gasteiger partial charge on any atom is -0.119 e. The zero-order chi connectivity index (χ0) is 9.94. The van der Waals surface area contributed by atoms with Crippen LogP contribution in [-0.4, -0.2) is 4.87 Å². The highest BCUT2D eigenvalue weighted by Gasteiger charge is 2.31. The SMILES string of the molecule is CC(C)CC(C)(Cl)C(C)C(C)C. The second-order valence-corrected chi connectivity index (χ2v) is 5.77. The molecule has 0 radical (unpaired) electrons. The van der Waals surface area contributed by atoms with E-state index in [1.807, 2.05) is 0 Å². The number of hydrogen-bond donors (Lipinski definition) is 0. The molecule has 0 saturated carbocycles. The normalized spacial score (nSPS) is 19.8. The Morgan fingerprint density at radius 1 is 1.08 bits per heavy atom. The Balaban J connectivity index is 4.18. The average Bonchev–Trinajstić information content (AvgIpc) is 1.82. The van der Waals surface area contributed by atoms with Crippen LogP contribution in [-0.2, 0) is 0 Å². The van der Waals surface area contributed by atoms with Crippen LogP contribution in [0.25, 0.3) is 0 Å². The van der Waals surface area contributed by atoms with Gasteiger partial charge in [-0.05, 0) is 31.1 Å². The van der Waals surface area contributed by atoms with Crippen molar-refractivity contribution >= 4 is 11.6 Å². The fraction of sp³-hybridized carbons (Fsp3) is 1.00. The van der Waals surface area contributed by atoms with Gasteiger partial charge in [-0.25, -0.2) is 0 Å². The van der Waals surface area contributed by atoms with E-state index >= 15 is 0 Å². The smallest absolute Gasteiger partial charge is 0.0449 e. The summed E-state index contributed by atoms with van der Waals surface area (Å²) in [5.74, 6) is 1.95. The quantitative estimate of drug-likeness (QED) is 0.580. The third-order valence-corrected chi connectivity index (χ3v) is 3.26. The molecule has 0 amide bonds. The molecular weight excluding hydrogens is 168 g/mol. The predicted molar refractivity (Wildman–Crippen MR) is 57.7 cm³/mol. The monoisotopic (exact) mass is 190 g/mol. The van der Waals surface area contributed by atoms with Crippen LogP contribution in [0, 0.1) is 17.8 Å². The molecule has 0 fully saturated rings. The van der Waals surface area contributed by atoms with E-state index in [1.165, 1.54) is 0 Å².